The van der Waals surface area contributed by atoms with E-state index < -0.39 is 11.8 Å². The summed E-state index contributed by atoms with van der Waals surface area (Å²) >= 11 is 0. The number of hydrogen-bond donors (Lipinski definition) is 1. The molecule has 2 aromatic rings. The highest BCUT2D eigenvalue weighted by Gasteiger charge is 2.25. The molecule has 6 nitrogen and oxygen atoms in total. The number of aromatic nitrogens is 2. The first-order valence-electron chi connectivity index (χ1n) is 9.19. The molecule has 0 spiro atoms. The average molecular weight is 373 g/mol. The first-order valence-corrected chi connectivity index (χ1v) is 9.19. The van der Waals surface area contributed by atoms with Crippen LogP contribution in [0.5, 0.6) is 0 Å². The Labute approximate surface area is 157 Å². The molecular formula is C20H24FN3O3. The van der Waals surface area contributed by atoms with Crippen molar-refractivity contribution in [3.05, 3.63) is 47.0 Å². The number of rotatable bonds is 5. The molecular weight excluding hydrogens is 349 g/mol. The van der Waals surface area contributed by atoms with Crippen LogP contribution in [0.3, 0.4) is 0 Å². The number of carbonyl (C=O) groups excluding carboxylic acids is 1. The molecule has 1 fully saturated rings. The fraction of sp³-hybridized carbons (Fsp3) is 0.450. The zero-order valence-electron chi connectivity index (χ0n) is 15.6. The van der Waals surface area contributed by atoms with Gasteiger partial charge in [0.15, 0.2) is 0 Å². The number of carboxylic acid groups (broad SMARTS) is 1. The number of halogens is 1. The fourth-order valence-electron chi connectivity index (χ4n) is 3.68. The third-order valence-corrected chi connectivity index (χ3v) is 5.01. The molecule has 1 aliphatic rings. The molecule has 1 aliphatic heterocycles. The van der Waals surface area contributed by atoms with Gasteiger partial charge in [0.25, 0.3) is 5.91 Å². The van der Waals surface area contributed by atoms with Crippen LogP contribution in [0.25, 0.3) is 5.69 Å². The van der Waals surface area contributed by atoms with Crippen molar-refractivity contribution >= 4 is 11.9 Å². The molecule has 1 unspecified atom stereocenters. The Bertz CT molecular complexity index is 862. The number of aliphatic carboxylic acids is 1. The lowest BCUT2D eigenvalue weighted by Gasteiger charge is -2.32. The van der Waals surface area contributed by atoms with E-state index in [0.29, 0.717) is 30.8 Å². The Morgan fingerprint density at radius 3 is 2.70 bits per heavy atom. The molecule has 1 aromatic carbocycles. The van der Waals surface area contributed by atoms with Gasteiger partial charge in [0.1, 0.15) is 11.5 Å². The van der Waals surface area contributed by atoms with Crippen LogP contribution < -0.4 is 0 Å². The van der Waals surface area contributed by atoms with Gasteiger partial charge in [0, 0.05) is 30.8 Å². The van der Waals surface area contributed by atoms with Gasteiger partial charge in [0.2, 0.25) is 0 Å². The molecule has 1 amide bonds. The minimum absolute atomic E-state index is 0.110. The number of nitrogens with zero attached hydrogens (tertiary/aromatic N) is 3. The lowest BCUT2D eigenvalue weighted by Crippen LogP contribution is -2.40. The quantitative estimate of drug-likeness (QED) is 0.872. The smallest absolute Gasteiger partial charge is 0.303 e. The standard InChI is InChI=1S/C20H24FN3O3/c1-13-10-14(2)24(22-13)18-7-6-16(11-17(18)21)20(27)23-9-3-4-15(12-23)5-8-19(25)26/h6-7,10-11,15H,3-5,8-9,12H2,1-2H3,(H,25,26). The molecule has 0 radical (unpaired) electrons. The number of amides is 1. The molecule has 0 aliphatic carbocycles. The Hall–Kier alpha value is -2.70. The Morgan fingerprint density at radius 2 is 2.07 bits per heavy atom. The van der Waals surface area contributed by atoms with E-state index >= 15 is 0 Å². The zero-order chi connectivity index (χ0) is 19.6. The van der Waals surface area contributed by atoms with Crippen LogP contribution in [0, 0.1) is 25.6 Å². The van der Waals surface area contributed by atoms with E-state index in [9.17, 15) is 14.0 Å². The maximum absolute atomic E-state index is 14.6. The summed E-state index contributed by atoms with van der Waals surface area (Å²) in [4.78, 5) is 25.2. The number of aryl methyl sites for hydroxylation is 2. The van der Waals surface area contributed by atoms with Gasteiger partial charge in [-0.25, -0.2) is 9.07 Å². The van der Waals surface area contributed by atoms with Gasteiger partial charge in [-0.2, -0.15) is 5.10 Å². The molecule has 7 heteroatoms. The second-order valence-corrected chi connectivity index (χ2v) is 7.20. The minimum Gasteiger partial charge on any atom is -0.481 e. The summed E-state index contributed by atoms with van der Waals surface area (Å²) in [5.41, 5.74) is 2.24. The van der Waals surface area contributed by atoms with Gasteiger partial charge in [-0.05, 0) is 63.3 Å². The summed E-state index contributed by atoms with van der Waals surface area (Å²) in [7, 11) is 0. The Kier molecular flexibility index (Phi) is 5.58. The molecule has 1 saturated heterocycles. The predicted octanol–water partition coefficient (Wildman–Crippen LogP) is 3.35. The van der Waals surface area contributed by atoms with E-state index in [1.165, 1.54) is 10.7 Å². The van der Waals surface area contributed by atoms with E-state index in [4.69, 9.17) is 5.11 Å². The monoisotopic (exact) mass is 373 g/mol. The maximum atomic E-state index is 14.6. The van der Waals surface area contributed by atoms with Crippen molar-refractivity contribution in [3.8, 4) is 5.69 Å². The Balaban J connectivity index is 1.74. The van der Waals surface area contributed by atoms with Crippen LogP contribution in [0.4, 0.5) is 4.39 Å². The summed E-state index contributed by atoms with van der Waals surface area (Å²) in [6, 6.07) is 6.32. The van der Waals surface area contributed by atoms with E-state index in [1.807, 2.05) is 19.9 Å². The van der Waals surface area contributed by atoms with Gasteiger partial charge in [-0.3, -0.25) is 9.59 Å². The number of hydrogen-bond acceptors (Lipinski definition) is 3. The largest absolute Gasteiger partial charge is 0.481 e. The van der Waals surface area contributed by atoms with Crippen LogP contribution in [0.15, 0.2) is 24.3 Å². The molecule has 0 bridgehead atoms. The van der Waals surface area contributed by atoms with Gasteiger partial charge < -0.3 is 10.0 Å². The van der Waals surface area contributed by atoms with Gasteiger partial charge in [-0.1, -0.05) is 0 Å². The highest BCUT2D eigenvalue weighted by Crippen LogP contribution is 2.24. The van der Waals surface area contributed by atoms with Crippen LogP contribution in [-0.4, -0.2) is 44.8 Å². The Morgan fingerprint density at radius 1 is 1.30 bits per heavy atom. The van der Waals surface area contributed by atoms with Crippen LogP contribution in [-0.2, 0) is 4.79 Å². The molecule has 3 rings (SSSR count). The summed E-state index contributed by atoms with van der Waals surface area (Å²) in [6.07, 6.45) is 2.42. The van der Waals surface area contributed by atoms with Crippen molar-refractivity contribution in [2.45, 2.75) is 39.5 Å². The van der Waals surface area contributed by atoms with E-state index in [2.05, 4.69) is 5.10 Å². The third-order valence-electron chi connectivity index (χ3n) is 5.01. The van der Waals surface area contributed by atoms with Crippen LogP contribution in [0.1, 0.15) is 47.4 Å². The second-order valence-electron chi connectivity index (χ2n) is 7.20. The predicted molar refractivity (Wildman–Crippen MR) is 98.5 cm³/mol. The minimum atomic E-state index is -0.819. The van der Waals surface area contributed by atoms with Crippen molar-refractivity contribution in [1.82, 2.24) is 14.7 Å². The van der Waals surface area contributed by atoms with Crippen molar-refractivity contribution in [2.75, 3.05) is 13.1 Å². The van der Waals surface area contributed by atoms with Crippen LogP contribution >= 0.6 is 0 Å². The van der Waals surface area contributed by atoms with Crippen molar-refractivity contribution in [2.24, 2.45) is 5.92 Å². The first-order chi connectivity index (χ1) is 12.8. The van der Waals surface area contributed by atoms with E-state index in [1.54, 1.807) is 17.0 Å². The third kappa shape index (κ3) is 4.35. The number of benzene rings is 1. The maximum Gasteiger partial charge on any atom is 0.303 e. The summed E-state index contributed by atoms with van der Waals surface area (Å²) in [5, 5.41) is 13.1. The molecule has 144 valence electrons. The second kappa shape index (κ2) is 7.90. The lowest BCUT2D eigenvalue weighted by atomic mass is 9.93. The van der Waals surface area contributed by atoms with Gasteiger partial charge in [0.05, 0.1) is 5.69 Å². The number of carbonyl (C=O) groups is 2. The number of piperidine rings is 1. The van der Waals surface area contributed by atoms with Gasteiger partial charge in [-0.15, -0.1) is 0 Å². The SMILES string of the molecule is Cc1cc(C)n(-c2ccc(C(=O)N3CCCC(CCC(=O)O)C3)cc2F)n1. The van der Waals surface area contributed by atoms with E-state index in [0.717, 1.165) is 24.2 Å². The lowest BCUT2D eigenvalue weighted by molar-refractivity contribution is -0.137. The summed E-state index contributed by atoms with van der Waals surface area (Å²) in [5.74, 6) is -1.35. The van der Waals surface area contributed by atoms with Crippen LogP contribution in [0.2, 0.25) is 0 Å². The topological polar surface area (TPSA) is 75.4 Å². The normalized spacial score (nSPS) is 17.1. The molecule has 2 heterocycles. The zero-order valence-corrected chi connectivity index (χ0v) is 15.6. The number of carboxylic acids is 1. The van der Waals surface area contributed by atoms with Crippen molar-refractivity contribution in [1.29, 1.82) is 0 Å². The molecule has 1 atom stereocenters. The average Bonchev–Trinajstić information content (AvgIpc) is 2.97. The molecule has 1 N–H and O–H groups in total. The van der Waals surface area contributed by atoms with Gasteiger partial charge >= 0.3 is 5.97 Å². The number of likely N-dealkylation sites (tertiary alicyclic amines) is 1. The summed E-state index contributed by atoms with van der Waals surface area (Å²) < 4.78 is 16.2. The van der Waals surface area contributed by atoms with E-state index in [-0.39, 0.29) is 18.2 Å². The fourth-order valence-corrected chi connectivity index (χ4v) is 3.68. The molecule has 0 saturated carbocycles. The summed E-state index contributed by atoms with van der Waals surface area (Å²) in [6.45, 7) is 4.83. The highest BCUT2D eigenvalue weighted by atomic mass is 19.1. The first kappa shape index (κ1) is 19.1. The molecule has 27 heavy (non-hydrogen) atoms. The van der Waals surface area contributed by atoms with Crippen molar-refractivity contribution < 1.29 is 19.1 Å². The highest BCUT2D eigenvalue weighted by molar-refractivity contribution is 5.94. The molecule has 1 aromatic heterocycles. The van der Waals surface area contributed by atoms with Crippen molar-refractivity contribution in [3.63, 3.8) is 0 Å².